The molecular formula is C25H38IN5O2. The number of furan rings is 1. The van der Waals surface area contributed by atoms with Gasteiger partial charge in [-0.1, -0.05) is 19.1 Å². The van der Waals surface area contributed by atoms with Crippen molar-refractivity contribution in [2.45, 2.75) is 58.7 Å². The van der Waals surface area contributed by atoms with E-state index in [9.17, 15) is 4.79 Å². The van der Waals surface area contributed by atoms with Crippen molar-refractivity contribution in [3.8, 4) is 0 Å². The third-order valence-corrected chi connectivity index (χ3v) is 5.86. The molecule has 0 aliphatic carbocycles. The zero-order valence-corrected chi connectivity index (χ0v) is 22.3. The molecule has 1 fully saturated rings. The van der Waals surface area contributed by atoms with Crippen LogP contribution in [0.3, 0.4) is 0 Å². The summed E-state index contributed by atoms with van der Waals surface area (Å²) in [6.45, 7) is 10.3. The average Bonchev–Trinajstić information content (AvgIpc) is 3.53. The lowest BCUT2D eigenvalue weighted by molar-refractivity contribution is 0.0939. The number of likely N-dealkylation sites (tertiary alicyclic amines) is 1. The topological polar surface area (TPSA) is 81.9 Å². The van der Waals surface area contributed by atoms with Crippen LogP contribution in [0.1, 0.15) is 67.8 Å². The second kappa shape index (κ2) is 14.2. The van der Waals surface area contributed by atoms with Crippen LogP contribution in [0.15, 0.2) is 52.1 Å². The highest BCUT2D eigenvalue weighted by atomic mass is 127. The number of nitrogens with zero attached hydrogens (tertiary/aromatic N) is 2. The Labute approximate surface area is 214 Å². The predicted octanol–water partition coefficient (Wildman–Crippen LogP) is 4.32. The summed E-state index contributed by atoms with van der Waals surface area (Å²) in [7, 11) is 0. The largest absolute Gasteiger partial charge is 0.468 e. The van der Waals surface area contributed by atoms with Crippen molar-refractivity contribution in [3.63, 3.8) is 0 Å². The Balaban J connectivity index is 0.00000385. The van der Waals surface area contributed by atoms with Gasteiger partial charge in [0, 0.05) is 24.7 Å². The molecule has 3 rings (SSSR count). The molecule has 1 aromatic carbocycles. The summed E-state index contributed by atoms with van der Waals surface area (Å²) in [5, 5.41) is 9.83. The molecule has 1 saturated heterocycles. The van der Waals surface area contributed by atoms with E-state index in [0.717, 1.165) is 49.9 Å². The summed E-state index contributed by atoms with van der Waals surface area (Å²) in [6, 6.07) is 12.0. The number of aliphatic imine (C=N–C) groups is 1. The fraction of sp³-hybridized carbons (Fsp3) is 0.520. The van der Waals surface area contributed by atoms with Gasteiger partial charge < -0.3 is 20.4 Å². The van der Waals surface area contributed by atoms with E-state index in [4.69, 9.17) is 9.41 Å². The zero-order chi connectivity index (χ0) is 22.8. The first-order chi connectivity index (χ1) is 15.6. The minimum absolute atomic E-state index is 0. The second-order valence-corrected chi connectivity index (χ2v) is 8.33. The molecule has 1 aliphatic heterocycles. The molecule has 2 unspecified atom stereocenters. The number of halogens is 1. The standard InChI is InChI=1S/C25H37N5O2.HI/c1-4-19(3)29-24(31)21-11-8-10-20(16-21)17-27-25(26-5-2)28-18-22(23-12-9-15-32-23)30-13-6-7-14-30;/h8-12,15-16,19,22H,4-7,13-14,17-18H2,1-3H3,(H,29,31)(H2,26,27,28);1H. The van der Waals surface area contributed by atoms with Crippen molar-refractivity contribution in [2.75, 3.05) is 26.2 Å². The highest BCUT2D eigenvalue weighted by molar-refractivity contribution is 14.0. The SMILES string of the molecule is CCNC(=NCc1cccc(C(=O)NC(C)CC)c1)NCC(c1ccco1)N1CCCC1.I. The van der Waals surface area contributed by atoms with E-state index in [0.29, 0.717) is 12.1 Å². The Morgan fingerprint density at radius 2 is 1.94 bits per heavy atom. The molecule has 8 heteroatoms. The van der Waals surface area contributed by atoms with Gasteiger partial charge in [0.15, 0.2) is 5.96 Å². The highest BCUT2D eigenvalue weighted by Crippen LogP contribution is 2.24. The van der Waals surface area contributed by atoms with Gasteiger partial charge in [0.25, 0.3) is 5.91 Å². The molecule has 0 bridgehead atoms. The van der Waals surface area contributed by atoms with Gasteiger partial charge in [0.1, 0.15) is 5.76 Å². The van der Waals surface area contributed by atoms with Crippen LogP contribution in [0.2, 0.25) is 0 Å². The van der Waals surface area contributed by atoms with Crippen LogP contribution >= 0.6 is 24.0 Å². The number of carbonyl (C=O) groups is 1. The predicted molar refractivity (Wildman–Crippen MR) is 144 cm³/mol. The average molecular weight is 568 g/mol. The van der Waals surface area contributed by atoms with E-state index >= 15 is 0 Å². The van der Waals surface area contributed by atoms with Gasteiger partial charge in [-0.15, -0.1) is 24.0 Å². The lowest BCUT2D eigenvalue weighted by atomic mass is 10.1. The number of amides is 1. The minimum Gasteiger partial charge on any atom is -0.468 e. The molecule has 7 nitrogen and oxygen atoms in total. The van der Waals surface area contributed by atoms with E-state index in [1.165, 1.54) is 12.8 Å². The van der Waals surface area contributed by atoms with Gasteiger partial charge in [-0.3, -0.25) is 9.69 Å². The van der Waals surface area contributed by atoms with Crippen LogP contribution in [0.4, 0.5) is 0 Å². The van der Waals surface area contributed by atoms with Crippen molar-refractivity contribution >= 4 is 35.8 Å². The molecule has 0 radical (unpaired) electrons. The van der Waals surface area contributed by atoms with Crippen molar-refractivity contribution in [1.29, 1.82) is 0 Å². The first kappa shape index (κ1) is 27.2. The third-order valence-electron chi connectivity index (χ3n) is 5.86. The zero-order valence-electron chi connectivity index (χ0n) is 20.0. The summed E-state index contributed by atoms with van der Waals surface area (Å²) in [4.78, 5) is 19.7. The molecule has 0 saturated carbocycles. The molecule has 2 atom stereocenters. The number of carbonyl (C=O) groups excluding carboxylic acids is 1. The van der Waals surface area contributed by atoms with E-state index < -0.39 is 0 Å². The molecule has 2 aromatic rings. The Morgan fingerprint density at radius 1 is 1.15 bits per heavy atom. The maximum Gasteiger partial charge on any atom is 0.251 e. The lowest BCUT2D eigenvalue weighted by Crippen LogP contribution is -2.42. The first-order valence-corrected chi connectivity index (χ1v) is 11.8. The fourth-order valence-corrected chi connectivity index (χ4v) is 3.87. The molecular weight excluding hydrogens is 529 g/mol. The number of benzene rings is 1. The van der Waals surface area contributed by atoms with Crippen molar-refractivity contribution in [1.82, 2.24) is 20.9 Å². The maximum atomic E-state index is 12.4. The van der Waals surface area contributed by atoms with E-state index in [-0.39, 0.29) is 42.0 Å². The van der Waals surface area contributed by atoms with Gasteiger partial charge in [-0.2, -0.15) is 0 Å². The number of guanidine groups is 1. The smallest absolute Gasteiger partial charge is 0.251 e. The number of hydrogen-bond donors (Lipinski definition) is 3. The summed E-state index contributed by atoms with van der Waals surface area (Å²) in [5.74, 6) is 1.70. The molecule has 1 aliphatic rings. The van der Waals surface area contributed by atoms with Crippen LogP contribution < -0.4 is 16.0 Å². The van der Waals surface area contributed by atoms with Crippen LogP contribution in [0.25, 0.3) is 0 Å². The van der Waals surface area contributed by atoms with Crippen LogP contribution in [-0.4, -0.2) is 49.0 Å². The Morgan fingerprint density at radius 3 is 2.61 bits per heavy atom. The molecule has 33 heavy (non-hydrogen) atoms. The maximum absolute atomic E-state index is 12.4. The number of nitrogens with one attached hydrogen (secondary N) is 3. The molecule has 1 aromatic heterocycles. The van der Waals surface area contributed by atoms with Crippen LogP contribution in [0, 0.1) is 0 Å². The van der Waals surface area contributed by atoms with Gasteiger partial charge >= 0.3 is 0 Å². The van der Waals surface area contributed by atoms with E-state index in [1.807, 2.05) is 43.3 Å². The van der Waals surface area contributed by atoms with E-state index in [2.05, 4.69) is 34.7 Å². The monoisotopic (exact) mass is 567 g/mol. The number of hydrogen-bond acceptors (Lipinski definition) is 4. The number of rotatable bonds is 10. The highest BCUT2D eigenvalue weighted by Gasteiger charge is 2.25. The normalized spacial score (nSPS) is 16.0. The van der Waals surface area contributed by atoms with Crippen molar-refractivity contribution in [2.24, 2.45) is 4.99 Å². The quantitative estimate of drug-likeness (QED) is 0.227. The molecule has 0 spiro atoms. The molecule has 1 amide bonds. The third kappa shape index (κ3) is 8.33. The minimum atomic E-state index is -0.0397. The van der Waals surface area contributed by atoms with Crippen LogP contribution in [-0.2, 0) is 6.54 Å². The first-order valence-electron chi connectivity index (χ1n) is 11.8. The Hall–Kier alpha value is -2.07. The molecule has 2 heterocycles. The van der Waals surface area contributed by atoms with E-state index in [1.54, 1.807) is 6.26 Å². The summed E-state index contributed by atoms with van der Waals surface area (Å²) < 4.78 is 5.72. The summed E-state index contributed by atoms with van der Waals surface area (Å²) >= 11 is 0. The van der Waals surface area contributed by atoms with Crippen LogP contribution in [0.5, 0.6) is 0 Å². The summed E-state index contributed by atoms with van der Waals surface area (Å²) in [5.41, 5.74) is 1.67. The van der Waals surface area contributed by atoms with Gasteiger partial charge in [-0.25, -0.2) is 4.99 Å². The molecule has 3 N–H and O–H groups in total. The Kier molecular flexibility index (Phi) is 11.7. The van der Waals surface area contributed by atoms with Gasteiger partial charge in [0.2, 0.25) is 0 Å². The fourth-order valence-electron chi connectivity index (χ4n) is 3.87. The lowest BCUT2D eigenvalue weighted by Gasteiger charge is -2.26. The molecule has 182 valence electrons. The van der Waals surface area contributed by atoms with Crippen molar-refractivity contribution < 1.29 is 9.21 Å². The van der Waals surface area contributed by atoms with Crippen molar-refractivity contribution in [3.05, 3.63) is 59.5 Å². The van der Waals surface area contributed by atoms with Gasteiger partial charge in [0.05, 0.1) is 18.8 Å². The summed E-state index contributed by atoms with van der Waals surface area (Å²) in [6.07, 6.45) is 5.10. The van der Waals surface area contributed by atoms with Gasteiger partial charge in [-0.05, 0) is 76.0 Å². The second-order valence-electron chi connectivity index (χ2n) is 8.33. The Bertz CT molecular complexity index is 865.